The van der Waals surface area contributed by atoms with Crippen molar-refractivity contribution in [3.05, 3.63) is 63.4 Å². The maximum atomic E-state index is 4.78. The zero-order valence-electron chi connectivity index (χ0n) is 15.3. The van der Waals surface area contributed by atoms with E-state index >= 15 is 0 Å². The minimum absolute atomic E-state index is 0.667. The fraction of sp³-hybridized carbons (Fsp3) is 0.476. The quantitative estimate of drug-likeness (QED) is 0.704. The minimum atomic E-state index is 0.667. The average Bonchev–Trinajstić information content (AvgIpc) is 2.62. The molecule has 134 valence electrons. The number of nitrogens with one attached hydrogen (secondary N) is 1. The fourth-order valence-corrected chi connectivity index (χ4v) is 3.97. The first-order valence-corrected chi connectivity index (χ1v) is 10.0. The predicted molar refractivity (Wildman–Crippen MR) is 108 cm³/mol. The summed E-state index contributed by atoms with van der Waals surface area (Å²) in [5, 5.41) is 3.27. The van der Waals surface area contributed by atoms with Gasteiger partial charge in [-0.3, -0.25) is 4.90 Å². The van der Waals surface area contributed by atoms with Crippen LogP contribution in [0.25, 0.3) is 0 Å². The van der Waals surface area contributed by atoms with E-state index in [9.17, 15) is 0 Å². The third kappa shape index (κ3) is 5.13. The third-order valence-electron chi connectivity index (χ3n) is 5.06. The molecule has 2 heterocycles. The Balaban J connectivity index is 1.68. The molecule has 1 aromatic heterocycles. The molecular weight excluding hydrogens is 374 g/mol. The molecule has 2 aromatic rings. The van der Waals surface area contributed by atoms with Crippen LogP contribution in [-0.4, -0.2) is 30.0 Å². The summed E-state index contributed by atoms with van der Waals surface area (Å²) in [4.78, 5) is 7.33. The lowest BCUT2D eigenvalue weighted by molar-refractivity contribution is 0.244. The number of hydrogen-bond acceptors (Lipinski definition) is 3. The second-order valence-electron chi connectivity index (χ2n) is 7.17. The fourth-order valence-electron chi connectivity index (χ4n) is 3.63. The number of aryl methyl sites for hydroxylation is 1. The number of halogens is 1. The lowest BCUT2D eigenvalue weighted by Crippen LogP contribution is -2.30. The Morgan fingerprint density at radius 3 is 2.80 bits per heavy atom. The van der Waals surface area contributed by atoms with Crippen molar-refractivity contribution < 1.29 is 0 Å². The summed E-state index contributed by atoms with van der Waals surface area (Å²) in [5.74, 6) is 0.667. The smallest absolute Gasteiger partial charge is 0.106 e. The zero-order valence-corrected chi connectivity index (χ0v) is 16.8. The maximum absolute atomic E-state index is 4.78. The van der Waals surface area contributed by atoms with Crippen molar-refractivity contribution in [3.8, 4) is 0 Å². The number of hydrogen-bond donors (Lipinski definition) is 1. The highest BCUT2D eigenvalue weighted by Crippen LogP contribution is 2.23. The molecule has 0 radical (unpaired) electrons. The van der Waals surface area contributed by atoms with E-state index < -0.39 is 0 Å². The molecule has 0 bridgehead atoms. The van der Waals surface area contributed by atoms with Gasteiger partial charge in [-0.2, -0.15) is 0 Å². The van der Waals surface area contributed by atoms with Crippen LogP contribution in [0.1, 0.15) is 35.7 Å². The van der Waals surface area contributed by atoms with Gasteiger partial charge in [0.05, 0.1) is 0 Å². The Morgan fingerprint density at radius 2 is 2.00 bits per heavy atom. The summed E-state index contributed by atoms with van der Waals surface area (Å²) in [6, 6.07) is 13.2. The normalized spacial score (nSPS) is 15.8. The molecule has 1 aliphatic rings. The van der Waals surface area contributed by atoms with E-state index in [1.165, 1.54) is 28.8 Å². The number of benzene rings is 1. The van der Waals surface area contributed by atoms with Crippen molar-refractivity contribution in [1.82, 2.24) is 15.2 Å². The highest BCUT2D eigenvalue weighted by atomic mass is 79.9. The van der Waals surface area contributed by atoms with Crippen LogP contribution in [0.5, 0.6) is 0 Å². The lowest BCUT2D eigenvalue weighted by Gasteiger charge is -2.29. The second-order valence-corrected chi connectivity index (χ2v) is 7.98. The summed E-state index contributed by atoms with van der Waals surface area (Å²) in [7, 11) is 2.02. The molecule has 1 N–H and O–H groups in total. The number of nitrogens with zero attached hydrogens (tertiary/aromatic N) is 2. The molecule has 1 aromatic carbocycles. The van der Waals surface area contributed by atoms with Gasteiger partial charge in [0.15, 0.2) is 0 Å². The van der Waals surface area contributed by atoms with E-state index in [4.69, 9.17) is 4.98 Å². The molecule has 0 saturated heterocycles. The zero-order chi connectivity index (χ0) is 17.6. The first-order valence-electron chi connectivity index (χ1n) is 9.23. The molecule has 4 heteroatoms. The summed E-state index contributed by atoms with van der Waals surface area (Å²) in [6.07, 6.45) is 3.36. The summed E-state index contributed by atoms with van der Waals surface area (Å²) < 4.78 is 0.941. The van der Waals surface area contributed by atoms with Crippen LogP contribution in [0.3, 0.4) is 0 Å². The second kappa shape index (κ2) is 8.93. The summed E-state index contributed by atoms with van der Waals surface area (Å²) in [5.41, 5.74) is 5.60. The van der Waals surface area contributed by atoms with Gasteiger partial charge in [-0.25, -0.2) is 4.98 Å². The first kappa shape index (κ1) is 18.6. The van der Waals surface area contributed by atoms with Gasteiger partial charge in [0, 0.05) is 25.3 Å². The Hall–Kier alpha value is -1.23. The van der Waals surface area contributed by atoms with Crippen molar-refractivity contribution in [3.63, 3.8) is 0 Å². The van der Waals surface area contributed by atoms with Crippen LogP contribution in [0.4, 0.5) is 0 Å². The number of aromatic nitrogens is 1. The van der Waals surface area contributed by atoms with Gasteiger partial charge in [0.1, 0.15) is 4.60 Å². The van der Waals surface area contributed by atoms with E-state index in [0.717, 1.165) is 43.6 Å². The number of pyridine rings is 1. The third-order valence-corrected chi connectivity index (χ3v) is 5.51. The van der Waals surface area contributed by atoms with E-state index in [1.807, 2.05) is 7.05 Å². The van der Waals surface area contributed by atoms with Gasteiger partial charge < -0.3 is 5.32 Å². The molecule has 0 amide bonds. The van der Waals surface area contributed by atoms with Gasteiger partial charge in [-0.1, -0.05) is 37.3 Å². The summed E-state index contributed by atoms with van der Waals surface area (Å²) >= 11 is 3.54. The number of fused-ring (bicyclic) bond motifs is 1. The molecule has 3 nitrogen and oxygen atoms in total. The monoisotopic (exact) mass is 401 g/mol. The van der Waals surface area contributed by atoms with Gasteiger partial charge >= 0.3 is 0 Å². The molecule has 3 rings (SSSR count). The maximum Gasteiger partial charge on any atom is 0.106 e. The van der Waals surface area contributed by atoms with Crippen LogP contribution in [0.15, 0.2) is 41.0 Å². The average molecular weight is 402 g/mol. The van der Waals surface area contributed by atoms with Crippen molar-refractivity contribution >= 4 is 15.9 Å². The first-order chi connectivity index (χ1) is 12.2. The van der Waals surface area contributed by atoms with Crippen LogP contribution < -0.4 is 5.32 Å². The molecular formula is C21H28BrN3. The van der Waals surface area contributed by atoms with Crippen molar-refractivity contribution in [2.24, 2.45) is 5.92 Å². The molecule has 0 saturated carbocycles. The SMILES string of the molecule is CNCC(C)CCc1nc(Br)ccc1CN1CCc2ccccc2C1. The highest BCUT2D eigenvalue weighted by molar-refractivity contribution is 9.10. The van der Waals surface area contributed by atoms with Gasteiger partial charge in [0.25, 0.3) is 0 Å². The molecule has 1 unspecified atom stereocenters. The Kier molecular flexibility index (Phi) is 6.63. The molecule has 0 spiro atoms. The van der Waals surface area contributed by atoms with Crippen LogP contribution in [-0.2, 0) is 25.9 Å². The Bertz CT molecular complexity index is 701. The lowest BCUT2D eigenvalue weighted by atomic mass is 9.98. The van der Waals surface area contributed by atoms with Gasteiger partial charge in [-0.05, 0) is 77.5 Å². The number of rotatable bonds is 7. The van der Waals surface area contributed by atoms with E-state index in [2.05, 4.69) is 69.5 Å². The van der Waals surface area contributed by atoms with Crippen molar-refractivity contribution in [2.75, 3.05) is 20.1 Å². The van der Waals surface area contributed by atoms with Crippen molar-refractivity contribution in [2.45, 2.75) is 39.3 Å². The topological polar surface area (TPSA) is 28.2 Å². The Morgan fingerprint density at radius 1 is 1.20 bits per heavy atom. The molecule has 25 heavy (non-hydrogen) atoms. The van der Waals surface area contributed by atoms with Gasteiger partial charge in [0.2, 0.25) is 0 Å². The Labute approximate surface area is 160 Å². The van der Waals surface area contributed by atoms with E-state index in [1.54, 1.807) is 0 Å². The van der Waals surface area contributed by atoms with Crippen LogP contribution in [0.2, 0.25) is 0 Å². The standard InChI is InChI=1S/C21H28BrN3/c1-16(13-23-2)7-9-20-19(8-10-21(22)24-20)15-25-12-11-17-5-3-4-6-18(17)14-25/h3-6,8,10,16,23H,7,9,11-15H2,1-2H3. The largest absolute Gasteiger partial charge is 0.319 e. The molecule has 1 atom stereocenters. The van der Waals surface area contributed by atoms with E-state index in [0.29, 0.717) is 5.92 Å². The molecule has 0 fully saturated rings. The van der Waals surface area contributed by atoms with Crippen LogP contribution >= 0.6 is 15.9 Å². The summed E-state index contributed by atoms with van der Waals surface area (Å²) in [6.45, 7) is 6.52. The molecule has 1 aliphatic heterocycles. The minimum Gasteiger partial charge on any atom is -0.319 e. The molecule has 0 aliphatic carbocycles. The van der Waals surface area contributed by atoms with Gasteiger partial charge in [-0.15, -0.1) is 0 Å². The highest BCUT2D eigenvalue weighted by Gasteiger charge is 2.17. The van der Waals surface area contributed by atoms with Crippen LogP contribution in [0, 0.1) is 5.92 Å². The van der Waals surface area contributed by atoms with E-state index in [-0.39, 0.29) is 0 Å². The predicted octanol–water partition coefficient (Wildman–Crippen LogP) is 4.19. The van der Waals surface area contributed by atoms with Crippen molar-refractivity contribution in [1.29, 1.82) is 0 Å².